The van der Waals surface area contributed by atoms with E-state index in [1.54, 1.807) is 47.4 Å². The average Bonchev–Trinajstić information content (AvgIpc) is 2.59. The summed E-state index contributed by atoms with van der Waals surface area (Å²) < 4.78 is 0.836. The molecular weight excluding hydrogens is 380 g/mol. The molecule has 2 aromatic carbocycles. The highest BCUT2D eigenvalue weighted by atomic mass is 79.9. The van der Waals surface area contributed by atoms with Gasteiger partial charge in [-0.1, -0.05) is 40.2 Å². The van der Waals surface area contributed by atoms with Crippen LogP contribution >= 0.6 is 15.9 Å². The summed E-state index contributed by atoms with van der Waals surface area (Å²) >= 11 is 3.35. The number of nitrogens with one attached hydrogen (secondary N) is 1. The van der Waals surface area contributed by atoms with Gasteiger partial charge in [0.1, 0.15) is 0 Å². The second-order valence-corrected chi connectivity index (χ2v) is 6.74. The van der Waals surface area contributed by atoms with Crippen LogP contribution in [-0.4, -0.2) is 29.8 Å². The molecule has 4 nitrogen and oxygen atoms in total. The Morgan fingerprint density at radius 2 is 1.80 bits per heavy atom. The first-order valence-electron chi connectivity index (χ1n) is 8.01. The monoisotopic (exact) mass is 400 g/mol. The highest BCUT2D eigenvalue weighted by molar-refractivity contribution is 9.10. The van der Waals surface area contributed by atoms with Crippen molar-refractivity contribution in [3.63, 3.8) is 0 Å². The summed E-state index contributed by atoms with van der Waals surface area (Å²) in [6.45, 7) is 8.80. The van der Waals surface area contributed by atoms with Gasteiger partial charge in [0.2, 0.25) is 0 Å². The number of hydrogen-bond acceptors (Lipinski definition) is 2. The maximum atomic E-state index is 12.6. The van der Waals surface area contributed by atoms with Gasteiger partial charge in [0, 0.05) is 34.4 Å². The maximum Gasteiger partial charge on any atom is 0.255 e. The Labute approximate surface area is 156 Å². The zero-order chi connectivity index (χ0) is 18.4. The first-order chi connectivity index (χ1) is 11.9. The van der Waals surface area contributed by atoms with Crippen LogP contribution in [0.1, 0.15) is 34.6 Å². The number of likely N-dealkylation sites (N-methyl/N-ethyl adjacent to an activating group) is 1. The molecule has 0 aliphatic heterocycles. The summed E-state index contributed by atoms with van der Waals surface area (Å²) in [5, 5.41) is 2.83. The molecule has 1 N–H and O–H groups in total. The highest BCUT2D eigenvalue weighted by Gasteiger charge is 2.15. The Hall–Kier alpha value is -2.40. The van der Waals surface area contributed by atoms with Crippen LogP contribution in [0.15, 0.2) is 65.2 Å². The fraction of sp³-hybridized carbons (Fsp3) is 0.200. The summed E-state index contributed by atoms with van der Waals surface area (Å²) in [6, 6.07) is 14.1. The minimum Gasteiger partial charge on any atom is -0.335 e. The molecule has 25 heavy (non-hydrogen) atoms. The van der Waals surface area contributed by atoms with Gasteiger partial charge in [-0.2, -0.15) is 0 Å². The second kappa shape index (κ2) is 8.62. The Bertz CT molecular complexity index is 802. The lowest BCUT2D eigenvalue weighted by molar-refractivity contribution is 0.0778. The predicted octanol–water partition coefficient (Wildman–Crippen LogP) is 4.74. The van der Waals surface area contributed by atoms with Crippen molar-refractivity contribution in [3.05, 3.63) is 76.3 Å². The van der Waals surface area contributed by atoms with Gasteiger partial charge in [0.05, 0.1) is 0 Å². The fourth-order valence-corrected chi connectivity index (χ4v) is 2.80. The van der Waals surface area contributed by atoms with Crippen molar-refractivity contribution in [2.24, 2.45) is 0 Å². The first-order valence-corrected chi connectivity index (χ1v) is 8.80. The molecule has 0 heterocycles. The van der Waals surface area contributed by atoms with Crippen LogP contribution in [0.25, 0.3) is 0 Å². The highest BCUT2D eigenvalue weighted by Crippen LogP contribution is 2.16. The molecule has 0 unspecified atom stereocenters. The zero-order valence-corrected chi connectivity index (χ0v) is 16.0. The summed E-state index contributed by atoms with van der Waals surface area (Å²) in [7, 11) is 0. The molecule has 0 radical (unpaired) electrons. The molecule has 0 saturated carbocycles. The van der Waals surface area contributed by atoms with Gasteiger partial charge in [-0.25, -0.2) is 0 Å². The van der Waals surface area contributed by atoms with Crippen LogP contribution in [0.2, 0.25) is 0 Å². The lowest BCUT2D eigenvalue weighted by atomic mass is 10.1. The number of amides is 2. The van der Waals surface area contributed by atoms with Gasteiger partial charge < -0.3 is 10.2 Å². The Kier molecular flexibility index (Phi) is 6.53. The van der Waals surface area contributed by atoms with E-state index in [-0.39, 0.29) is 11.8 Å². The van der Waals surface area contributed by atoms with E-state index >= 15 is 0 Å². The quantitative estimate of drug-likeness (QED) is 0.711. The van der Waals surface area contributed by atoms with Gasteiger partial charge in [-0.3, -0.25) is 9.59 Å². The van der Waals surface area contributed by atoms with Crippen LogP contribution in [-0.2, 0) is 0 Å². The van der Waals surface area contributed by atoms with E-state index in [0.717, 1.165) is 10.0 Å². The summed E-state index contributed by atoms with van der Waals surface area (Å²) in [4.78, 5) is 26.7. The van der Waals surface area contributed by atoms with Crippen LogP contribution < -0.4 is 5.32 Å². The fourth-order valence-electron chi connectivity index (χ4n) is 2.40. The number of benzene rings is 2. The van der Waals surface area contributed by atoms with Crippen molar-refractivity contribution in [1.82, 2.24) is 4.90 Å². The molecule has 2 amide bonds. The lowest BCUT2D eigenvalue weighted by Crippen LogP contribution is -2.32. The molecular formula is C20H21BrN2O2. The van der Waals surface area contributed by atoms with E-state index in [9.17, 15) is 9.59 Å². The molecule has 130 valence electrons. The van der Waals surface area contributed by atoms with Crippen molar-refractivity contribution in [1.29, 1.82) is 0 Å². The van der Waals surface area contributed by atoms with Crippen LogP contribution in [0.3, 0.4) is 0 Å². The normalized spacial score (nSPS) is 10.2. The van der Waals surface area contributed by atoms with Crippen molar-refractivity contribution >= 4 is 33.4 Å². The molecule has 0 spiro atoms. The minimum absolute atomic E-state index is 0.0796. The molecule has 2 rings (SSSR count). The standard InChI is InChI=1S/C20H21BrN2O2/c1-4-23(13-14(2)3)20(25)16-8-6-10-18(12-16)22-19(24)15-7-5-9-17(21)11-15/h5-12H,2,4,13H2,1,3H3,(H,22,24). The SMILES string of the molecule is C=C(C)CN(CC)C(=O)c1cccc(NC(=O)c2cccc(Br)c2)c1. The number of carbonyl (C=O) groups excluding carboxylic acids is 2. The first kappa shape index (κ1) is 18.9. The lowest BCUT2D eigenvalue weighted by Gasteiger charge is -2.21. The Morgan fingerprint density at radius 3 is 2.44 bits per heavy atom. The van der Waals surface area contributed by atoms with E-state index in [0.29, 0.717) is 29.9 Å². The number of carbonyl (C=O) groups is 2. The summed E-state index contributed by atoms with van der Waals surface area (Å²) in [5.74, 6) is -0.302. The van der Waals surface area contributed by atoms with Gasteiger partial charge in [0.25, 0.3) is 11.8 Å². The van der Waals surface area contributed by atoms with Gasteiger partial charge >= 0.3 is 0 Å². The second-order valence-electron chi connectivity index (χ2n) is 5.82. The molecule has 0 fully saturated rings. The van der Waals surface area contributed by atoms with Gasteiger partial charge in [-0.05, 0) is 50.2 Å². The van der Waals surface area contributed by atoms with E-state index in [4.69, 9.17) is 0 Å². The smallest absolute Gasteiger partial charge is 0.255 e. The van der Waals surface area contributed by atoms with Crippen molar-refractivity contribution < 1.29 is 9.59 Å². The molecule has 2 aromatic rings. The molecule has 0 aliphatic carbocycles. The third kappa shape index (κ3) is 5.29. The third-order valence-corrected chi connectivity index (χ3v) is 4.08. The van der Waals surface area contributed by atoms with Crippen LogP contribution in [0, 0.1) is 0 Å². The molecule has 0 bridgehead atoms. The number of hydrogen-bond donors (Lipinski definition) is 1. The summed E-state index contributed by atoms with van der Waals surface area (Å²) in [6.07, 6.45) is 0. The van der Waals surface area contributed by atoms with E-state index < -0.39 is 0 Å². The molecule has 0 aromatic heterocycles. The molecule has 0 aliphatic rings. The van der Waals surface area contributed by atoms with Crippen LogP contribution in [0.4, 0.5) is 5.69 Å². The number of halogens is 1. The van der Waals surface area contributed by atoms with Crippen molar-refractivity contribution in [2.45, 2.75) is 13.8 Å². The van der Waals surface area contributed by atoms with Crippen LogP contribution in [0.5, 0.6) is 0 Å². The molecule has 0 atom stereocenters. The predicted molar refractivity (Wildman–Crippen MR) is 105 cm³/mol. The third-order valence-electron chi connectivity index (χ3n) is 3.58. The van der Waals surface area contributed by atoms with Gasteiger partial charge in [0.15, 0.2) is 0 Å². The van der Waals surface area contributed by atoms with E-state index in [2.05, 4.69) is 27.8 Å². The molecule has 5 heteroatoms. The Morgan fingerprint density at radius 1 is 1.12 bits per heavy atom. The van der Waals surface area contributed by atoms with Gasteiger partial charge in [-0.15, -0.1) is 0 Å². The largest absolute Gasteiger partial charge is 0.335 e. The number of rotatable bonds is 6. The zero-order valence-electron chi connectivity index (χ0n) is 14.4. The van der Waals surface area contributed by atoms with Crippen molar-refractivity contribution in [3.8, 4) is 0 Å². The number of nitrogens with zero attached hydrogens (tertiary/aromatic N) is 1. The van der Waals surface area contributed by atoms with Crippen molar-refractivity contribution in [2.75, 3.05) is 18.4 Å². The number of anilines is 1. The topological polar surface area (TPSA) is 49.4 Å². The molecule has 0 saturated heterocycles. The minimum atomic E-state index is -0.222. The van der Waals surface area contributed by atoms with E-state index in [1.165, 1.54) is 0 Å². The Balaban J connectivity index is 2.16. The summed E-state index contributed by atoms with van der Waals surface area (Å²) in [5.41, 5.74) is 2.59. The maximum absolute atomic E-state index is 12.6. The average molecular weight is 401 g/mol. The van der Waals surface area contributed by atoms with E-state index in [1.807, 2.05) is 19.9 Å².